The van der Waals surface area contributed by atoms with E-state index in [0.29, 0.717) is 6.04 Å². The highest BCUT2D eigenvalue weighted by atomic mass is 127. The Kier molecular flexibility index (Phi) is 10.9. The van der Waals surface area contributed by atoms with Crippen LogP contribution in [0.1, 0.15) is 46.0 Å². The van der Waals surface area contributed by atoms with Crippen molar-refractivity contribution in [2.75, 3.05) is 50.7 Å². The molecule has 5 nitrogen and oxygen atoms in total. The topological polar surface area (TPSA) is 42.9 Å². The Labute approximate surface area is 192 Å². The number of nitrogens with zero attached hydrogens (tertiary/aromatic N) is 3. The van der Waals surface area contributed by atoms with Gasteiger partial charge in [0, 0.05) is 32.2 Å². The minimum atomic E-state index is 0. The maximum Gasteiger partial charge on any atom is 0.191 e. The number of guanidine groups is 1. The van der Waals surface area contributed by atoms with E-state index >= 15 is 0 Å². The van der Waals surface area contributed by atoms with E-state index in [1.807, 2.05) is 11.3 Å². The number of thiophene rings is 1. The molecule has 7 heteroatoms. The maximum absolute atomic E-state index is 4.88. The van der Waals surface area contributed by atoms with Crippen molar-refractivity contribution in [3.8, 4) is 0 Å². The molecule has 2 aliphatic heterocycles. The minimum Gasteiger partial charge on any atom is -0.363 e. The molecule has 2 saturated heterocycles. The predicted molar refractivity (Wildman–Crippen MR) is 134 cm³/mol. The van der Waals surface area contributed by atoms with Crippen LogP contribution in [0.15, 0.2) is 22.5 Å². The Morgan fingerprint density at radius 2 is 1.89 bits per heavy atom. The molecule has 160 valence electrons. The van der Waals surface area contributed by atoms with Gasteiger partial charge in [-0.15, -0.1) is 35.3 Å². The zero-order valence-corrected chi connectivity index (χ0v) is 20.7. The average Bonchev–Trinajstić information content (AvgIpc) is 3.24. The van der Waals surface area contributed by atoms with Crippen molar-refractivity contribution in [3.63, 3.8) is 0 Å². The fraction of sp³-hybridized carbons (Fsp3) is 0.762. The zero-order valence-electron chi connectivity index (χ0n) is 17.5. The van der Waals surface area contributed by atoms with E-state index in [9.17, 15) is 0 Å². The van der Waals surface area contributed by atoms with Crippen LogP contribution in [-0.4, -0.2) is 62.7 Å². The van der Waals surface area contributed by atoms with E-state index in [0.717, 1.165) is 38.1 Å². The lowest BCUT2D eigenvalue weighted by Crippen LogP contribution is -2.48. The Morgan fingerprint density at radius 3 is 2.50 bits per heavy atom. The summed E-state index contributed by atoms with van der Waals surface area (Å²) >= 11 is 1.85. The van der Waals surface area contributed by atoms with Gasteiger partial charge in [-0.3, -0.25) is 4.99 Å². The van der Waals surface area contributed by atoms with E-state index in [2.05, 4.69) is 51.8 Å². The van der Waals surface area contributed by atoms with Crippen molar-refractivity contribution in [1.82, 2.24) is 15.5 Å². The second-order valence-electron chi connectivity index (χ2n) is 7.78. The molecule has 3 heterocycles. The van der Waals surface area contributed by atoms with Gasteiger partial charge >= 0.3 is 0 Å². The first kappa shape index (κ1) is 23.7. The number of piperidine rings is 2. The number of hydrogen-bond acceptors (Lipinski definition) is 4. The molecule has 0 spiro atoms. The van der Waals surface area contributed by atoms with Gasteiger partial charge in [0.2, 0.25) is 0 Å². The lowest BCUT2D eigenvalue weighted by Gasteiger charge is -2.33. The van der Waals surface area contributed by atoms with Gasteiger partial charge in [0.25, 0.3) is 0 Å². The maximum atomic E-state index is 4.88. The quantitative estimate of drug-likeness (QED) is 0.325. The smallest absolute Gasteiger partial charge is 0.191 e. The lowest BCUT2D eigenvalue weighted by molar-refractivity contribution is 0.188. The van der Waals surface area contributed by atoms with Crippen molar-refractivity contribution >= 4 is 46.3 Å². The van der Waals surface area contributed by atoms with E-state index in [-0.39, 0.29) is 24.0 Å². The van der Waals surface area contributed by atoms with E-state index < -0.39 is 0 Å². The van der Waals surface area contributed by atoms with Crippen LogP contribution in [0.25, 0.3) is 0 Å². The number of nitrogens with one attached hydrogen (secondary N) is 2. The molecular weight excluding hydrogens is 481 g/mol. The van der Waals surface area contributed by atoms with Gasteiger partial charge in [0.15, 0.2) is 5.96 Å². The SMILES string of the molecule is CCNC(=NCCC1CCN(CC)CC1)NC1CCN(c2cccs2)CC1.I. The largest absolute Gasteiger partial charge is 0.363 e. The lowest BCUT2D eigenvalue weighted by atomic mass is 9.94. The third-order valence-electron chi connectivity index (χ3n) is 5.96. The Hall–Kier alpha value is -0.540. The summed E-state index contributed by atoms with van der Waals surface area (Å²) in [5, 5.41) is 10.7. The van der Waals surface area contributed by atoms with E-state index in [1.54, 1.807) is 0 Å². The van der Waals surface area contributed by atoms with Crippen molar-refractivity contribution < 1.29 is 0 Å². The van der Waals surface area contributed by atoms with Crippen LogP contribution < -0.4 is 15.5 Å². The number of halogens is 1. The highest BCUT2D eigenvalue weighted by molar-refractivity contribution is 14.0. The third-order valence-corrected chi connectivity index (χ3v) is 6.89. The van der Waals surface area contributed by atoms with Gasteiger partial charge in [-0.05, 0) is 82.1 Å². The Morgan fingerprint density at radius 1 is 1.14 bits per heavy atom. The molecule has 0 atom stereocenters. The molecule has 0 amide bonds. The first-order valence-corrected chi connectivity index (χ1v) is 11.7. The summed E-state index contributed by atoms with van der Waals surface area (Å²) in [5.74, 6) is 1.87. The van der Waals surface area contributed by atoms with Gasteiger partial charge < -0.3 is 20.4 Å². The molecule has 1 aromatic rings. The molecule has 0 aromatic carbocycles. The Balaban J connectivity index is 0.00000280. The monoisotopic (exact) mass is 519 g/mol. The van der Waals surface area contributed by atoms with Crippen molar-refractivity contribution in [2.24, 2.45) is 10.9 Å². The second-order valence-corrected chi connectivity index (χ2v) is 8.71. The molecule has 2 N–H and O–H groups in total. The summed E-state index contributed by atoms with van der Waals surface area (Å²) in [5.41, 5.74) is 0. The molecule has 2 aliphatic rings. The molecule has 2 fully saturated rings. The number of anilines is 1. The van der Waals surface area contributed by atoms with Crippen LogP contribution in [0.5, 0.6) is 0 Å². The molecular formula is C21H38IN5S. The third kappa shape index (κ3) is 7.37. The van der Waals surface area contributed by atoms with Crippen molar-refractivity contribution in [3.05, 3.63) is 17.5 Å². The van der Waals surface area contributed by atoms with E-state index in [4.69, 9.17) is 4.99 Å². The number of aliphatic imine (C=N–C) groups is 1. The molecule has 28 heavy (non-hydrogen) atoms. The molecule has 1 aromatic heterocycles. The average molecular weight is 520 g/mol. The summed E-state index contributed by atoms with van der Waals surface area (Å²) in [7, 11) is 0. The first-order valence-electron chi connectivity index (χ1n) is 10.8. The summed E-state index contributed by atoms with van der Waals surface area (Å²) in [6, 6.07) is 4.91. The van der Waals surface area contributed by atoms with Crippen LogP contribution in [0.2, 0.25) is 0 Å². The number of hydrogen-bond donors (Lipinski definition) is 2. The molecule has 0 aliphatic carbocycles. The highest BCUT2D eigenvalue weighted by Gasteiger charge is 2.21. The van der Waals surface area contributed by atoms with Gasteiger partial charge in [-0.25, -0.2) is 0 Å². The van der Waals surface area contributed by atoms with Crippen LogP contribution in [0.3, 0.4) is 0 Å². The normalized spacial score (nSPS) is 20.1. The number of likely N-dealkylation sites (tertiary alicyclic amines) is 1. The minimum absolute atomic E-state index is 0. The summed E-state index contributed by atoms with van der Waals surface area (Å²) < 4.78 is 0. The van der Waals surface area contributed by atoms with Crippen molar-refractivity contribution in [2.45, 2.75) is 52.0 Å². The molecule has 0 bridgehead atoms. The van der Waals surface area contributed by atoms with Gasteiger partial charge in [0.1, 0.15) is 0 Å². The number of rotatable bonds is 7. The molecule has 3 rings (SSSR count). The standard InChI is InChI=1S/C21H37N5S.HI/c1-3-22-21(23-12-7-18-8-13-25(4-2)14-9-18)24-19-10-15-26(16-11-19)20-6-5-17-27-20;/h5-6,17-19H,3-4,7-16H2,1-2H3,(H2,22,23,24);1H. The summed E-state index contributed by atoms with van der Waals surface area (Å²) in [4.78, 5) is 9.95. The van der Waals surface area contributed by atoms with Crippen molar-refractivity contribution in [1.29, 1.82) is 0 Å². The fourth-order valence-corrected chi connectivity index (χ4v) is 4.94. The van der Waals surface area contributed by atoms with Gasteiger partial charge in [-0.2, -0.15) is 0 Å². The Bertz CT molecular complexity index is 549. The fourth-order valence-electron chi connectivity index (χ4n) is 4.16. The van der Waals surface area contributed by atoms with Gasteiger partial charge in [-0.1, -0.05) is 6.92 Å². The van der Waals surface area contributed by atoms with Crippen LogP contribution in [-0.2, 0) is 0 Å². The first-order chi connectivity index (χ1) is 13.3. The van der Waals surface area contributed by atoms with Crippen LogP contribution in [0, 0.1) is 5.92 Å². The molecule has 0 unspecified atom stereocenters. The molecule has 0 radical (unpaired) electrons. The van der Waals surface area contributed by atoms with E-state index in [1.165, 1.54) is 56.7 Å². The summed E-state index contributed by atoms with van der Waals surface area (Å²) in [6.45, 7) is 12.3. The zero-order chi connectivity index (χ0) is 18.9. The molecule has 0 saturated carbocycles. The van der Waals surface area contributed by atoms with Gasteiger partial charge in [0.05, 0.1) is 5.00 Å². The predicted octanol–water partition coefficient (Wildman–Crippen LogP) is 4.01. The second kappa shape index (κ2) is 12.9. The summed E-state index contributed by atoms with van der Waals surface area (Å²) in [6.07, 6.45) is 6.27. The van der Waals surface area contributed by atoms with Crippen LogP contribution >= 0.6 is 35.3 Å². The van der Waals surface area contributed by atoms with Crippen LogP contribution in [0.4, 0.5) is 5.00 Å². The highest BCUT2D eigenvalue weighted by Crippen LogP contribution is 2.25.